The number of sulfonamides is 1. The molecule has 1 fully saturated rings. The molecule has 2 aliphatic heterocycles. The fourth-order valence-electron chi connectivity index (χ4n) is 3.75. The van der Waals surface area contributed by atoms with Crippen LogP contribution in [0.3, 0.4) is 0 Å². The molecule has 1 unspecified atom stereocenters. The van der Waals surface area contributed by atoms with Gasteiger partial charge >= 0.3 is 0 Å². The van der Waals surface area contributed by atoms with Gasteiger partial charge in [-0.25, -0.2) is 13.4 Å². The van der Waals surface area contributed by atoms with Crippen LogP contribution < -0.4 is 9.46 Å². The number of fused-ring (bicyclic) bond motifs is 2. The van der Waals surface area contributed by atoms with E-state index in [9.17, 15) is 13.2 Å². The van der Waals surface area contributed by atoms with Crippen LogP contribution in [0, 0.1) is 0 Å². The smallest absolute Gasteiger partial charge is 0.289 e. The summed E-state index contributed by atoms with van der Waals surface area (Å²) >= 11 is 0. The van der Waals surface area contributed by atoms with Crippen LogP contribution in [-0.4, -0.2) is 49.4 Å². The van der Waals surface area contributed by atoms with Crippen LogP contribution in [-0.2, 0) is 10.0 Å². The molecule has 4 heterocycles. The van der Waals surface area contributed by atoms with Gasteiger partial charge in [0.15, 0.2) is 5.76 Å². The van der Waals surface area contributed by atoms with Gasteiger partial charge < -0.3 is 14.1 Å². The Morgan fingerprint density at radius 2 is 2.07 bits per heavy atom. The van der Waals surface area contributed by atoms with Gasteiger partial charge in [-0.1, -0.05) is 18.2 Å². The van der Waals surface area contributed by atoms with Gasteiger partial charge in [0, 0.05) is 24.7 Å². The molecule has 28 heavy (non-hydrogen) atoms. The van der Waals surface area contributed by atoms with Crippen molar-refractivity contribution in [1.29, 1.82) is 0 Å². The van der Waals surface area contributed by atoms with Gasteiger partial charge in [-0.3, -0.25) is 4.79 Å². The van der Waals surface area contributed by atoms with Crippen molar-refractivity contribution in [2.75, 3.05) is 19.7 Å². The molecule has 8 nitrogen and oxygen atoms in total. The minimum absolute atomic E-state index is 0.00827. The Hall–Kier alpha value is -2.91. The number of ether oxygens (including phenoxy) is 1. The second-order valence-corrected chi connectivity index (χ2v) is 8.76. The molecule has 1 spiro atoms. The normalized spacial score (nSPS) is 23.4. The van der Waals surface area contributed by atoms with Gasteiger partial charge in [-0.15, -0.1) is 0 Å². The Bertz CT molecular complexity index is 1160. The lowest BCUT2D eigenvalue weighted by Gasteiger charge is -2.26. The van der Waals surface area contributed by atoms with Gasteiger partial charge in [0.2, 0.25) is 15.9 Å². The summed E-state index contributed by atoms with van der Waals surface area (Å²) in [5.41, 5.74) is -0.263. The number of hydrogen-bond donors (Lipinski definition) is 1. The Labute approximate surface area is 161 Å². The molecule has 0 bridgehead atoms. The Balaban J connectivity index is 1.41. The van der Waals surface area contributed by atoms with Crippen LogP contribution in [0.1, 0.15) is 17.0 Å². The maximum Gasteiger partial charge on any atom is 0.289 e. The van der Waals surface area contributed by atoms with Crippen molar-refractivity contribution in [3.05, 3.63) is 54.4 Å². The lowest BCUT2D eigenvalue weighted by molar-refractivity contribution is 0.0745. The van der Waals surface area contributed by atoms with Crippen LogP contribution >= 0.6 is 0 Å². The van der Waals surface area contributed by atoms with Crippen molar-refractivity contribution >= 4 is 26.9 Å². The highest BCUT2D eigenvalue weighted by Crippen LogP contribution is 2.32. The molecular weight excluding hydrogens is 382 g/mol. The lowest BCUT2D eigenvalue weighted by atomic mass is 10.0. The number of carbonyl (C=O) groups excluding carboxylic acids is 1. The number of rotatable bonds is 1. The summed E-state index contributed by atoms with van der Waals surface area (Å²) in [6.45, 7) is 0.682. The van der Waals surface area contributed by atoms with Crippen LogP contribution in [0.25, 0.3) is 11.0 Å². The predicted octanol–water partition coefficient (Wildman–Crippen LogP) is 1.78. The highest BCUT2D eigenvalue weighted by atomic mass is 32.2. The first-order valence-corrected chi connectivity index (χ1v) is 10.3. The van der Waals surface area contributed by atoms with E-state index in [-0.39, 0.29) is 35.6 Å². The lowest BCUT2D eigenvalue weighted by Crippen LogP contribution is -2.53. The van der Waals surface area contributed by atoms with Crippen LogP contribution in [0.4, 0.5) is 0 Å². The van der Waals surface area contributed by atoms with Crippen molar-refractivity contribution in [3.8, 4) is 5.88 Å². The summed E-state index contributed by atoms with van der Waals surface area (Å²) in [5, 5.41) is 0.847. The standard InChI is InChI=1S/C19H17N3O5S/c23-18(15-10-13-4-1-2-5-14(13)27-15)22-9-7-19(11-22)12-26-17-16(6-3-8-20-17)28(24,25)21-19/h1-6,8,10,21H,7,9,11-12H2. The molecule has 1 amide bonds. The van der Waals surface area contributed by atoms with E-state index in [1.54, 1.807) is 23.1 Å². The van der Waals surface area contributed by atoms with Gasteiger partial charge in [0.05, 0.1) is 5.54 Å². The SMILES string of the molecule is O=C(c1cc2ccccc2o1)N1CCC2(COc3ncccc3S(=O)(=O)N2)C1. The zero-order chi connectivity index (χ0) is 19.4. The van der Waals surface area contributed by atoms with Crippen LogP contribution in [0.5, 0.6) is 5.88 Å². The zero-order valence-corrected chi connectivity index (χ0v) is 15.6. The molecule has 0 radical (unpaired) electrons. The molecule has 144 valence electrons. The van der Waals surface area contributed by atoms with Crippen LogP contribution in [0.15, 0.2) is 58.0 Å². The van der Waals surface area contributed by atoms with Gasteiger partial charge in [0.25, 0.3) is 5.91 Å². The maximum atomic E-state index is 12.9. The van der Waals surface area contributed by atoms with E-state index < -0.39 is 15.6 Å². The van der Waals surface area contributed by atoms with E-state index in [0.717, 1.165) is 5.39 Å². The summed E-state index contributed by atoms with van der Waals surface area (Å²) < 4.78 is 39.6. The number of amides is 1. The number of benzene rings is 1. The third-order valence-corrected chi connectivity index (χ3v) is 6.73. The molecule has 1 atom stereocenters. The van der Waals surface area contributed by atoms with Gasteiger partial charge in [-0.2, -0.15) is 4.72 Å². The summed E-state index contributed by atoms with van der Waals surface area (Å²) in [4.78, 5) is 18.5. The van der Waals surface area contributed by atoms with Crippen molar-refractivity contribution < 1.29 is 22.4 Å². The van der Waals surface area contributed by atoms with E-state index in [1.807, 2.05) is 18.2 Å². The molecular formula is C19H17N3O5S. The topological polar surface area (TPSA) is 102 Å². The number of aromatic nitrogens is 1. The average Bonchev–Trinajstić information content (AvgIpc) is 3.27. The van der Waals surface area contributed by atoms with E-state index in [0.29, 0.717) is 18.5 Å². The number of furan rings is 1. The van der Waals surface area contributed by atoms with E-state index >= 15 is 0 Å². The molecule has 9 heteroatoms. The van der Waals surface area contributed by atoms with Gasteiger partial charge in [-0.05, 0) is 30.7 Å². The summed E-state index contributed by atoms with van der Waals surface area (Å²) in [6.07, 6.45) is 1.92. The molecule has 5 rings (SSSR count). The zero-order valence-electron chi connectivity index (χ0n) is 14.8. The third-order valence-electron chi connectivity index (χ3n) is 5.14. The maximum absolute atomic E-state index is 12.9. The summed E-state index contributed by atoms with van der Waals surface area (Å²) in [6, 6.07) is 12.1. The average molecular weight is 399 g/mol. The second-order valence-electron chi connectivity index (χ2n) is 7.11. The van der Waals surface area contributed by atoms with Gasteiger partial charge in [0.1, 0.15) is 17.1 Å². The van der Waals surface area contributed by atoms with E-state index in [2.05, 4.69) is 9.71 Å². The molecule has 2 aliphatic rings. The second kappa shape index (κ2) is 6.05. The first kappa shape index (κ1) is 17.2. The number of nitrogens with zero attached hydrogens (tertiary/aromatic N) is 2. The molecule has 0 saturated carbocycles. The quantitative estimate of drug-likeness (QED) is 0.669. The van der Waals surface area contributed by atoms with E-state index in [4.69, 9.17) is 9.15 Å². The number of carbonyl (C=O) groups is 1. The number of hydrogen-bond acceptors (Lipinski definition) is 6. The fourth-order valence-corrected chi connectivity index (χ4v) is 5.26. The number of para-hydroxylation sites is 1. The summed E-state index contributed by atoms with van der Waals surface area (Å²) in [7, 11) is -3.80. The largest absolute Gasteiger partial charge is 0.475 e. The minimum atomic E-state index is -3.80. The number of pyridine rings is 1. The third kappa shape index (κ3) is 2.74. The van der Waals surface area contributed by atoms with Crippen molar-refractivity contribution in [3.63, 3.8) is 0 Å². The van der Waals surface area contributed by atoms with Crippen molar-refractivity contribution in [2.45, 2.75) is 16.9 Å². The van der Waals surface area contributed by atoms with E-state index in [1.165, 1.54) is 12.3 Å². The summed E-state index contributed by atoms with van der Waals surface area (Å²) in [5.74, 6) is 0.0432. The fraction of sp³-hybridized carbons (Fsp3) is 0.263. The first-order chi connectivity index (χ1) is 13.5. The number of nitrogens with one attached hydrogen (secondary N) is 1. The predicted molar refractivity (Wildman–Crippen MR) is 99.5 cm³/mol. The molecule has 1 aromatic carbocycles. The molecule has 0 aliphatic carbocycles. The highest BCUT2D eigenvalue weighted by molar-refractivity contribution is 7.89. The first-order valence-electron chi connectivity index (χ1n) is 8.86. The van der Waals surface area contributed by atoms with Crippen molar-refractivity contribution in [2.24, 2.45) is 0 Å². The number of likely N-dealkylation sites (tertiary alicyclic amines) is 1. The molecule has 1 N–H and O–H groups in total. The Morgan fingerprint density at radius 3 is 2.93 bits per heavy atom. The monoisotopic (exact) mass is 399 g/mol. The Morgan fingerprint density at radius 1 is 1.21 bits per heavy atom. The van der Waals surface area contributed by atoms with Crippen molar-refractivity contribution in [1.82, 2.24) is 14.6 Å². The highest BCUT2D eigenvalue weighted by Gasteiger charge is 2.47. The molecule has 1 saturated heterocycles. The molecule has 3 aromatic rings. The Kier molecular flexibility index (Phi) is 3.72. The minimum Gasteiger partial charge on any atom is -0.475 e. The molecule has 2 aromatic heterocycles. The van der Waals surface area contributed by atoms with Crippen LogP contribution in [0.2, 0.25) is 0 Å².